The number of aromatic nitrogens is 1. The first-order valence-corrected chi connectivity index (χ1v) is 10.0. The van der Waals surface area contributed by atoms with Gasteiger partial charge in [-0.1, -0.05) is 60.1 Å². The molecule has 0 radical (unpaired) electrons. The van der Waals surface area contributed by atoms with Crippen LogP contribution in [-0.2, 0) is 0 Å². The molecule has 0 aliphatic carbocycles. The number of amides is 1. The molecule has 0 spiro atoms. The lowest BCUT2D eigenvalue weighted by Gasteiger charge is -2.41. The number of nitrogens with zero attached hydrogens (tertiary/aromatic N) is 3. The summed E-state index contributed by atoms with van der Waals surface area (Å²) in [5.41, 5.74) is 9.17. The van der Waals surface area contributed by atoms with Gasteiger partial charge in [0.15, 0.2) is 0 Å². The molecule has 1 aliphatic heterocycles. The molecule has 2 heterocycles. The average molecular weight is 407 g/mol. The largest absolute Gasteiger partial charge is 0.368 e. The zero-order valence-electron chi connectivity index (χ0n) is 16.0. The molecule has 1 atom stereocenters. The Morgan fingerprint density at radius 2 is 1.66 bits per heavy atom. The van der Waals surface area contributed by atoms with Gasteiger partial charge in [-0.2, -0.15) is 0 Å². The van der Waals surface area contributed by atoms with E-state index in [1.54, 1.807) is 12.4 Å². The highest BCUT2D eigenvalue weighted by molar-refractivity contribution is 6.31. The van der Waals surface area contributed by atoms with Crippen molar-refractivity contribution in [1.29, 1.82) is 0 Å². The summed E-state index contributed by atoms with van der Waals surface area (Å²) in [7, 11) is 0. The molecule has 3 aromatic rings. The third kappa shape index (κ3) is 4.11. The number of carbonyl (C=O) groups is 1. The second kappa shape index (κ2) is 8.64. The first kappa shape index (κ1) is 19.4. The number of primary amides is 1. The van der Waals surface area contributed by atoms with Crippen LogP contribution < -0.4 is 10.6 Å². The molecule has 1 fully saturated rings. The van der Waals surface area contributed by atoms with Gasteiger partial charge < -0.3 is 10.6 Å². The molecular weight excluding hydrogens is 384 g/mol. The average Bonchev–Trinajstić information content (AvgIpc) is 2.76. The number of nitrogens with two attached hydrogens (primary N) is 1. The smallest absolute Gasteiger partial charge is 0.252 e. The van der Waals surface area contributed by atoms with E-state index in [9.17, 15) is 4.79 Å². The summed E-state index contributed by atoms with van der Waals surface area (Å²) in [6.07, 6.45) is 3.24. The fourth-order valence-corrected chi connectivity index (χ4v) is 4.23. The van der Waals surface area contributed by atoms with Gasteiger partial charge in [0.2, 0.25) is 0 Å². The number of halogens is 1. The van der Waals surface area contributed by atoms with Crippen molar-refractivity contribution in [2.45, 2.75) is 6.04 Å². The molecule has 1 aliphatic rings. The molecule has 1 aromatic heterocycles. The van der Waals surface area contributed by atoms with Crippen molar-refractivity contribution in [3.63, 3.8) is 0 Å². The Morgan fingerprint density at radius 1 is 0.966 bits per heavy atom. The first-order valence-electron chi connectivity index (χ1n) is 9.67. The highest BCUT2D eigenvalue weighted by Crippen LogP contribution is 2.34. The molecule has 6 heteroatoms. The van der Waals surface area contributed by atoms with E-state index < -0.39 is 5.91 Å². The van der Waals surface area contributed by atoms with Crippen LogP contribution in [0.5, 0.6) is 0 Å². The van der Waals surface area contributed by atoms with Gasteiger partial charge in [-0.15, -0.1) is 0 Å². The van der Waals surface area contributed by atoms with E-state index in [1.807, 2.05) is 30.3 Å². The summed E-state index contributed by atoms with van der Waals surface area (Å²) in [5, 5.41) is 0.772. The van der Waals surface area contributed by atoms with Gasteiger partial charge in [-0.25, -0.2) is 0 Å². The summed E-state index contributed by atoms with van der Waals surface area (Å²) >= 11 is 6.57. The summed E-state index contributed by atoms with van der Waals surface area (Å²) in [6, 6.07) is 20.4. The number of anilines is 1. The normalized spacial score (nSPS) is 15.8. The zero-order chi connectivity index (χ0) is 20.2. The van der Waals surface area contributed by atoms with Crippen molar-refractivity contribution in [2.24, 2.45) is 5.73 Å². The first-order chi connectivity index (χ1) is 14.1. The maximum atomic E-state index is 11.8. The molecular formula is C23H23ClN4O. The van der Waals surface area contributed by atoms with Crippen LogP contribution in [0.3, 0.4) is 0 Å². The Bertz CT molecular complexity index is 987. The third-order valence-electron chi connectivity index (χ3n) is 5.40. The minimum absolute atomic E-state index is 0.0834. The number of hydrogen-bond donors (Lipinski definition) is 1. The van der Waals surface area contributed by atoms with E-state index in [1.165, 1.54) is 5.56 Å². The second-order valence-corrected chi connectivity index (χ2v) is 7.52. The lowest BCUT2D eigenvalue weighted by atomic mass is 9.96. The molecule has 29 heavy (non-hydrogen) atoms. The van der Waals surface area contributed by atoms with E-state index in [2.05, 4.69) is 45.1 Å². The van der Waals surface area contributed by atoms with Crippen LogP contribution in [-0.4, -0.2) is 42.0 Å². The van der Waals surface area contributed by atoms with Gasteiger partial charge in [0.05, 0.1) is 17.3 Å². The molecule has 2 aromatic carbocycles. The summed E-state index contributed by atoms with van der Waals surface area (Å²) in [5.74, 6) is -0.450. The number of benzene rings is 2. The molecule has 4 rings (SSSR count). The molecule has 1 amide bonds. The minimum Gasteiger partial charge on any atom is -0.368 e. The monoisotopic (exact) mass is 406 g/mol. The van der Waals surface area contributed by atoms with Crippen molar-refractivity contribution >= 4 is 23.2 Å². The number of hydrogen-bond acceptors (Lipinski definition) is 4. The standard InChI is InChI=1S/C23H23ClN4O/c24-20-9-5-4-8-18(20)22(17-6-2-1-3-7-17)28-14-12-27(13-15-28)21-10-11-26-16-19(21)23(25)29/h1-11,16,22H,12-15H2,(H2,25,29). The van der Waals surface area contributed by atoms with Crippen LogP contribution in [0.2, 0.25) is 5.02 Å². The second-order valence-electron chi connectivity index (χ2n) is 7.11. The van der Waals surface area contributed by atoms with Gasteiger partial charge in [-0.05, 0) is 23.3 Å². The Balaban J connectivity index is 1.60. The molecule has 0 bridgehead atoms. The minimum atomic E-state index is -0.450. The van der Waals surface area contributed by atoms with Crippen LogP contribution >= 0.6 is 11.6 Å². The highest BCUT2D eigenvalue weighted by atomic mass is 35.5. The highest BCUT2D eigenvalue weighted by Gasteiger charge is 2.28. The van der Waals surface area contributed by atoms with Gasteiger partial charge in [0.1, 0.15) is 0 Å². The van der Waals surface area contributed by atoms with Crippen LogP contribution in [0.4, 0.5) is 5.69 Å². The van der Waals surface area contributed by atoms with Crippen molar-refractivity contribution in [3.05, 3.63) is 94.8 Å². The topological polar surface area (TPSA) is 62.5 Å². The molecule has 1 saturated heterocycles. The van der Waals surface area contributed by atoms with Crippen LogP contribution in [0.1, 0.15) is 27.5 Å². The van der Waals surface area contributed by atoms with Crippen LogP contribution in [0.15, 0.2) is 73.1 Å². The Hall–Kier alpha value is -2.89. The quantitative estimate of drug-likeness (QED) is 0.701. The van der Waals surface area contributed by atoms with E-state index in [4.69, 9.17) is 17.3 Å². The Labute approximate surface area is 175 Å². The molecule has 1 unspecified atom stereocenters. The van der Waals surface area contributed by atoms with Crippen molar-refractivity contribution in [2.75, 3.05) is 31.1 Å². The summed E-state index contributed by atoms with van der Waals surface area (Å²) in [6.45, 7) is 3.26. The lowest BCUT2D eigenvalue weighted by molar-refractivity contribution is 0.1000. The lowest BCUT2D eigenvalue weighted by Crippen LogP contribution is -2.48. The fraction of sp³-hybridized carbons (Fsp3) is 0.217. The predicted octanol–water partition coefficient (Wildman–Crippen LogP) is 3.75. The maximum absolute atomic E-state index is 11.8. The van der Waals surface area contributed by atoms with E-state index in [-0.39, 0.29) is 6.04 Å². The zero-order valence-corrected chi connectivity index (χ0v) is 16.8. The molecule has 5 nitrogen and oxygen atoms in total. The third-order valence-corrected chi connectivity index (χ3v) is 5.74. The number of piperazine rings is 1. The van der Waals surface area contributed by atoms with Gasteiger partial charge in [0, 0.05) is 43.6 Å². The fourth-order valence-electron chi connectivity index (χ4n) is 3.99. The van der Waals surface area contributed by atoms with Crippen molar-refractivity contribution in [3.8, 4) is 0 Å². The number of rotatable bonds is 5. The predicted molar refractivity (Wildman–Crippen MR) is 116 cm³/mol. The molecule has 0 saturated carbocycles. The van der Waals surface area contributed by atoms with Crippen molar-refractivity contribution in [1.82, 2.24) is 9.88 Å². The van der Waals surface area contributed by atoms with E-state index >= 15 is 0 Å². The van der Waals surface area contributed by atoms with Crippen LogP contribution in [0.25, 0.3) is 0 Å². The molecule has 148 valence electrons. The van der Waals surface area contributed by atoms with Gasteiger partial charge in [-0.3, -0.25) is 14.7 Å². The maximum Gasteiger partial charge on any atom is 0.252 e. The molecule has 2 N–H and O–H groups in total. The van der Waals surface area contributed by atoms with E-state index in [0.29, 0.717) is 5.56 Å². The van der Waals surface area contributed by atoms with Crippen LogP contribution in [0, 0.1) is 0 Å². The van der Waals surface area contributed by atoms with E-state index in [0.717, 1.165) is 42.5 Å². The van der Waals surface area contributed by atoms with Crippen molar-refractivity contribution < 1.29 is 4.79 Å². The Morgan fingerprint density at radius 3 is 2.34 bits per heavy atom. The number of carbonyl (C=O) groups excluding carboxylic acids is 1. The summed E-state index contributed by atoms with van der Waals surface area (Å²) < 4.78 is 0. The summed E-state index contributed by atoms with van der Waals surface area (Å²) in [4.78, 5) is 20.5. The number of pyridine rings is 1. The SMILES string of the molecule is NC(=O)c1cnccc1N1CCN(C(c2ccccc2)c2ccccc2Cl)CC1. The Kier molecular flexibility index (Phi) is 5.79. The van der Waals surface area contributed by atoms with Gasteiger partial charge in [0.25, 0.3) is 5.91 Å². The van der Waals surface area contributed by atoms with Gasteiger partial charge >= 0.3 is 0 Å².